The fraction of sp³-hybridized carbons (Fsp3) is 0.423. The highest BCUT2D eigenvalue weighted by Gasteiger charge is 2.55. The molecule has 2 aliphatic rings. The highest BCUT2D eigenvalue weighted by atomic mass is 19.4. The van der Waals surface area contributed by atoms with Crippen molar-refractivity contribution >= 4 is 28.6 Å². The zero-order valence-corrected chi connectivity index (χ0v) is 20.0. The van der Waals surface area contributed by atoms with E-state index in [1.54, 1.807) is 0 Å². The summed E-state index contributed by atoms with van der Waals surface area (Å²) in [5, 5.41) is 7.25. The Hall–Kier alpha value is -3.43. The quantitative estimate of drug-likeness (QED) is 0.459. The summed E-state index contributed by atoms with van der Waals surface area (Å²) >= 11 is 0. The Bertz CT molecular complexity index is 1300. The Morgan fingerprint density at radius 1 is 1.08 bits per heavy atom. The highest BCUT2D eigenvalue weighted by molar-refractivity contribution is 5.95. The van der Waals surface area contributed by atoms with E-state index in [4.69, 9.17) is 4.98 Å². The van der Waals surface area contributed by atoms with Crippen LogP contribution in [0.5, 0.6) is 0 Å². The van der Waals surface area contributed by atoms with E-state index >= 15 is 0 Å². The SMILES string of the molecule is CN(C)c1nc(NC2CCC3(CC2)C[C@H]3NC(=O)c2cc(F)cc(C(F)(F)F)c2)nc2ccccc12. The second-order valence-corrected chi connectivity index (χ2v) is 10.0. The molecule has 10 heteroatoms. The number of nitrogens with zero attached hydrogens (tertiary/aromatic N) is 3. The van der Waals surface area contributed by atoms with Crippen molar-refractivity contribution in [3.63, 3.8) is 0 Å². The number of hydrogen-bond acceptors (Lipinski definition) is 5. The molecule has 2 saturated carbocycles. The lowest BCUT2D eigenvalue weighted by Gasteiger charge is -2.30. The van der Waals surface area contributed by atoms with Crippen LogP contribution in [0, 0.1) is 11.2 Å². The van der Waals surface area contributed by atoms with Crippen LogP contribution in [0.4, 0.5) is 29.3 Å². The van der Waals surface area contributed by atoms with Crippen molar-refractivity contribution in [3.8, 4) is 0 Å². The van der Waals surface area contributed by atoms with E-state index in [9.17, 15) is 22.4 Å². The van der Waals surface area contributed by atoms with Gasteiger partial charge in [-0.15, -0.1) is 0 Å². The van der Waals surface area contributed by atoms with Gasteiger partial charge in [0.25, 0.3) is 5.91 Å². The molecule has 6 nitrogen and oxygen atoms in total. The minimum absolute atomic E-state index is 0.0624. The summed E-state index contributed by atoms with van der Waals surface area (Å²) in [5.41, 5.74) is -0.683. The van der Waals surface area contributed by atoms with Gasteiger partial charge in [0.2, 0.25) is 5.95 Å². The molecule has 0 unspecified atom stereocenters. The molecule has 2 fully saturated rings. The summed E-state index contributed by atoms with van der Waals surface area (Å²) < 4.78 is 52.7. The summed E-state index contributed by atoms with van der Waals surface area (Å²) in [6.07, 6.45) is -0.507. The van der Waals surface area contributed by atoms with Crippen LogP contribution in [-0.2, 0) is 6.18 Å². The van der Waals surface area contributed by atoms with Crippen LogP contribution in [0.1, 0.15) is 48.0 Å². The number of benzene rings is 2. The second-order valence-electron chi connectivity index (χ2n) is 10.0. The van der Waals surface area contributed by atoms with Crippen molar-refractivity contribution in [2.45, 2.75) is 50.4 Å². The predicted molar refractivity (Wildman–Crippen MR) is 129 cm³/mol. The van der Waals surface area contributed by atoms with Crippen LogP contribution in [-0.4, -0.2) is 42.1 Å². The number of hydrogen-bond donors (Lipinski definition) is 2. The molecule has 1 amide bonds. The second kappa shape index (κ2) is 8.90. The molecule has 2 aromatic carbocycles. The minimum Gasteiger partial charge on any atom is -0.362 e. The van der Waals surface area contributed by atoms with E-state index in [0.29, 0.717) is 18.1 Å². The van der Waals surface area contributed by atoms with Gasteiger partial charge in [-0.25, -0.2) is 9.37 Å². The van der Waals surface area contributed by atoms with Gasteiger partial charge < -0.3 is 15.5 Å². The molecule has 0 aliphatic heterocycles. The predicted octanol–water partition coefficient (Wildman–Crippen LogP) is 5.40. The number of amides is 1. The van der Waals surface area contributed by atoms with Gasteiger partial charge in [0.15, 0.2) is 0 Å². The van der Waals surface area contributed by atoms with Gasteiger partial charge in [-0.3, -0.25) is 4.79 Å². The number of carbonyl (C=O) groups excluding carboxylic acids is 1. The Labute approximate surface area is 206 Å². The number of alkyl halides is 3. The number of aromatic nitrogens is 2. The lowest BCUT2D eigenvalue weighted by molar-refractivity contribution is -0.137. The molecule has 2 aliphatic carbocycles. The molecule has 1 aromatic heterocycles. The summed E-state index contributed by atoms with van der Waals surface area (Å²) in [4.78, 5) is 23.9. The standard InChI is InChI=1S/C26H27F4N5O/c1-35(2)22-19-5-3-4-6-20(19)32-24(34-22)31-18-7-9-25(10-8-18)14-21(25)33-23(36)15-11-16(26(28,29)30)13-17(27)12-15/h3-6,11-13,18,21H,7-10,14H2,1-2H3,(H,33,36)(H,31,32,34)/t18?,21-,25?/m1/s1. The zero-order valence-electron chi connectivity index (χ0n) is 20.0. The van der Waals surface area contributed by atoms with E-state index in [-0.39, 0.29) is 23.1 Å². The van der Waals surface area contributed by atoms with Gasteiger partial charge in [0.1, 0.15) is 11.6 Å². The van der Waals surface area contributed by atoms with Crippen molar-refractivity contribution in [2.24, 2.45) is 5.41 Å². The Kier molecular flexibility index (Phi) is 6.00. The maximum atomic E-state index is 13.7. The molecular formula is C26H27F4N5O. The highest BCUT2D eigenvalue weighted by Crippen LogP contribution is 2.56. The molecule has 1 atom stereocenters. The van der Waals surface area contributed by atoms with Crippen LogP contribution in [0.2, 0.25) is 0 Å². The molecular weight excluding hydrogens is 474 g/mol. The van der Waals surface area contributed by atoms with Crippen LogP contribution >= 0.6 is 0 Å². The number of fused-ring (bicyclic) bond motifs is 1. The largest absolute Gasteiger partial charge is 0.416 e. The molecule has 0 radical (unpaired) electrons. The van der Waals surface area contributed by atoms with Crippen molar-refractivity contribution in [1.82, 2.24) is 15.3 Å². The molecule has 1 spiro atoms. The van der Waals surface area contributed by atoms with Crippen molar-refractivity contribution in [1.29, 1.82) is 0 Å². The van der Waals surface area contributed by atoms with Crippen molar-refractivity contribution in [2.75, 3.05) is 24.3 Å². The molecule has 0 saturated heterocycles. The average Bonchev–Trinajstić information content (AvgIpc) is 3.49. The van der Waals surface area contributed by atoms with E-state index < -0.39 is 23.5 Å². The topological polar surface area (TPSA) is 70.2 Å². The molecule has 2 N–H and O–H groups in total. The molecule has 36 heavy (non-hydrogen) atoms. The fourth-order valence-electron chi connectivity index (χ4n) is 5.22. The molecule has 0 bridgehead atoms. The van der Waals surface area contributed by atoms with E-state index in [1.165, 1.54) is 0 Å². The third-order valence-corrected chi connectivity index (χ3v) is 7.30. The Balaban J connectivity index is 1.20. The van der Waals surface area contributed by atoms with E-state index in [2.05, 4.69) is 15.6 Å². The van der Waals surface area contributed by atoms with E-state index in [1.807, 2.05) is 43.3 Å². The summed E-state index contributed by atoms with van der Waals surface area (Å²) in [6, 6.07) is 9.84. The monoisotopic (exact) mass is 501 g/mol. The Morgan fingerprint density at radius 3 is 2.50 bits per heavy atom. The smallest absolute Gasteiger partial charge is 0.362 e. The summed E-state index contributed by atoms with van der Waals surface area (Å²) in [5.74, 6) is -0.347. The number of nitrogens with one attached hydrogen (secondary N) is 2. The Morgan fingerprint density at radius 2 is 1.81 bits per heavy atom. The van der Waals surface area contributed by atoms with Gasteiger partial charge in [-0.05, 0) is 67.9 Å². The summed E-state index contributed by atoms with van der Waals surface area (Å²) in [7, 11) is 3.89. The van der Waals surface area contributed by atoms with Crippen molar-refractivity contribution in [3.05, 3.63) is 59.4 Å². The van der Waals surface area contributed by atoms with Gasteiger partial charge in [0.05, 0.1) is 11.1 Å². The maximum absolute atomic E-state index is 13.7. The number of halogens is 4. The first-order valence-corrected chi connectivity index (χ1v) is 11.9. The van der Waals surface area contributed by atoms with Crippen LogP contribution in [0.3, 0.4) is 0 Å². The first-order valence-electron chi connectivity index (χ1n) is 11.9. The third kappa shape index (κ3) is 4.81. The number of carbonyl (C=O) groups is 1. The van der Waals surface area contributed by atoms with Gasteiger partial charge >= 0.3 is 6.18 Å². The third-order valence-electron chi connectivity index (χ3n) is 7.30. The van der Waals surface area contributed by atoms with Gasteiger partial charge in [0, 0.05) is 37.1 Å². The fourth-order valence-corrected chi connectivity index (χ4v) is 5.22. The normalized spacial score (nSPS) is 23.5. The molecule has 5 rings (SSSR count). The first kappa shape index (κ1) is 24.3. The van der Waals surface area contributed by atoms with E-state index in [0.717, 1.165) is 54.9 Å². The molecule has 190 valence electrons. The lowest BCUT2D eigenvalue weighted by atomic mass is 9.82. The average molecular weight is 502 g/mol. The summed E-state index contributed by atoms with van der Waals surface area (Å²) in [6.45, 7) is 0. The molecule has 3 aromatic rings. The van der Waals surface area contributed by atoms with Crippen LogP contribution < -0.4 is 15.5 Å². The van der Waals surface area contributed by atoms with Gasteiger partial charge in [-0.2, -0.15) is 18.2 Å². The lowest BCUT2D eigenvalue weighted by Crippen LogP contribution is -2.34. The van der Waals surface area contributed by atoms with Gasteiger partial charge in [-0.1, -0.05) is 12.1 Å². The van der Waals surface area contributed by atoms with Crippen molar-refractivity contribution < 1.29 is 22.4 Å². The number of rotatable bonds is 5. The number of para-hydroxylation sites is 1. The minimum atomic E-state index is -4.72. The maximum Gasteiger partial charge on any atom is 0.416 e. The zero-order chi connectivity index (χ0) is 25.7. The first-order chi connectivity index (χ1) is 17.0. The van der Waals surface area contributed by atoms with Crippen LogP contribution in [0.25, 0.3) is 10.9 Å². The van der Waals surface area contributed by atoms with Crippen LogP contribution in [0.15, 0.2) is 42.5 Å². The number of anilines is 2. The molecule has 1 heterocycles.